The normalized spacial score (nSPS) is 9.43. The molecule has 3 heteroatoms. The number of ether oxygens (including phenoxy) is 1. The van der Waals surface area contributed by atoms with Crippen LogP contribution in [0.5, 0.6) is 0 Å². The zero-order valence-electron chi connectivity index (χ0n) is 4.73. The third-order valence-electron chi connectivity index (χ3n) is 0.553. The maximum atomic E-state index is 4.70. The molecule has 0 atom stereocenters. The highest BCUT2D eigenvalue weighted by Gasteiger charge is 1.77. The molecule has 0 radical (unpaired) electrons. The second-order valence-corrected chi connectivity index (χ2v) is 1.09. The first-order valence-corrected chi connectivity index (χ1v) is 2.16. The van der Waals surface area contributed by atoms with E-state index in [2.05, 4.69) is 10.3 Å². The largest absolute Gasteiger partial charge is 0.383 e. The van der Waals surface area contributed by atoms with E-state index < -0.39 is 0 Å². The van der Waals surface area contributed by atoms with Crippen molar-refractivity contribution in [3.63, 3.8) is 0 Å². The second kappa shape index (κ2) is 5.88. The van der Waals surface area contributed by atoms with Crippen molar-refractivity contribution in [3.8, 4) is 0 Å². The van der Waals surface area contributed by atoms with E-state index in [4.69, 9.17) is 4.74 Å². The van der Waals surface area contributed by atoms with Gasteiger partial charge in [-0.15, -0.1) is 0 Å². The molecule has 0 fully saturated rings. The predicted molar refractivity (Wildman–Crippen MR) is 26.9 cm³/mol. The topological polar surface area (TPSA) is 30.5 Å². The molecule has 0 spiro atoms. The van der Waals surface area contributed by atoms with Gasteiger partial charge in [-0.1, -0.05) is 0 Å². The first kappa shape index (κ1) is 6.88. The molecule has 0 heterocycles. The summed E-state index contributed by atoms with van der Waals surface area (Å²) >= 11 is 0. The Morgan fingerprint density at radius 1 is 1.43 bits per heavy atom. The van der Waals surface area contributed by atoms with E-state index in [1.165, 1.54) is 0 Å². The lowest BCUT2D eigenvalue weighted by molar-refractivity contribution is 0.0684. The zero-order valence-corrected chi connectivity index (χ0v) is 4.73. The van der Waals surface area contributed by atoms with Gasteiger partial charge in [-0.25, -0.2) is 5.48 Å². The number of hydroxylamine groups is 1. The highest BCUT2D eigenvalue weighted by atomic mass is 16.6. The molecule has 3 nitrogen and oxygen atoms in total. The van der Waals surface area contributed by atoms with E-state index in [-0.39, 0.29) is 0 Å². The van der Waals surface area contributed by atoms with Crippen LogP contribution < -0.4 is 5.48 Å². The fourth-order valence-corrected chi connectivity index (χ4v) is 0.246. The van der Waals surface area contributed by atoms with Crippen LogP contribution >= 0.6 is 0 Å². The van der Waals surface area contributed by atoms with Crippen molar-refractivity contribution in [2.75, 3.05) is 27.4 Å². The van der Waals surface area contributed by atoms with Gasteiger partial charge < -0.3 is 9.57 Å². The highest BCUT2D eigenvalue weighted by molar-refractivity contribution is 4.26. The van der Waals surface area contributed by atoms with Crippen LogP contribution in [0, 0.1) is 0 Å². The minimum absolute atomic E-state index is 0.688. The van der Waals surface area contributed by atoms with Crippen LogP contribution in [0.15, 0.2) is 0 Å². The van der Waals surface area contributed by atoms with Gasteiger partial charge in [0.25, 0.3) is 0 Å². The SMILES string of the molecule is COCCNOC. The molecule has 0 aromatic carbocycles. The van der Waals surface area contributed by atoms with Crippen LogP contribution in [-0.2, 0) is 9.57 Å². The summed E-state index contributed by atoms with van der Waals surface area (Å²) in [6.07, 6.45) is 0. The van der Waals surface area contributed by atoms with E-state index in [1.54, 1.807) is 14.2 Å². The molecule has 0 saturated heterocycles. The number of rotatable bonds is 4. The Balaban J connectivity index is 2.45. The molecule has 0 aliphatic heterocycles. The second-order valence-electron chi connectivity index (χ2n) is 1.09. The molecule has 0 saturated carbocycles. The van der Waals surface area contributed by atoms with Crippen molar-refractivity contribution < 1.29 is 9.57 Å². The predicted octanol–water partition coefficient (Wildman–Crippen LogP) is -0.216. The van der Waals surface area contributed by atoms with Crippen molar-refractivity contribution in [1.29, 1.82) is 0 Å². The Labute approximate surface area is 43.6 Å². The smallest absolute Gasteiger partial charge is 0.0610 e. The number of methoxy groups -OCH3 is 1. The standard InChI is InChI=1S/C4H11NO2/c1-6-4-3-5-7-2/h5H,3-4H2,1-2H3. The summed E-state index contributed by atoms with van der Waals surface area (Å²) in [6.45, 7) is 1.43. The lowest BCUT2D eigenvalue weighted by atomic mass is 10.7. The number of nitrogens with one attached hydrogen (secondary N) is 1. The van der Waals surface area contributed by atoms with Gasteiger partial charge >= 0.3 is 0 Å². The first-order valence-electron chi connectivity index (χ1n) is 2.16. The molecule has 0 amide bonds. The summed E-state index contributed by atoms with van der Waals surface area (Å²) in [5, 5.41) is 0. The highest BCUT2D eigenvalue weighted by Crippen LogP contribution is 1.61. The fourth-order valence-electron chi connectivity index (χ4n) is 0.246. The minimum Gasteiger partial charge on any atom is -0.383 e. The Kier molecular flexibility index (Phi) is 5.78. The van der Waals surface area contributed by atoms with Crippen molar-refractivity contribution in [2.24, 2.45) is 0 Å². The molecule has 0 unspecified atom stereocenters. The van der Waals surface area contributed by atoms with E-state index in [1.807, 2.05) is 0 Å². The molecule has 0 aliphatic carbocycles. The third kappa shape index (κ3) is 5.88. The van der Waals surface area contributed by atoms with Crippen LogP contribution in [-0.4, -0.2) is 27.4 Å². The molecule has 0 aromatic heterocycles. The fraction of sp³-hybridized carbons (Fsp3) is 1.00. The van der Waals surface area contributed by atoms with Crippen LogP contribution in [0.25, 0.3) is 0 Å². The van der Waals surface area contributed by atoms with Crippen LogP contribution in [0.4, 0.5) is 0 Å². The van der Waals surface area contributed by atoms with Crippen LogP contribution in [0.3, 0.4) is 0 Å². The molecule has 44 valence electrons. The van der Waals surface area contributed by atoms with E-state index in [0.717, 1.165) is 6.54 Å². The average molecular weight is 105 g/mol. The molecule has 7 heavy (non-hydrogen) atoms. The molecule has 0 aliphatic rings. The quantitative estimate of drug-likeness (QED) is 0.396. The van der Waals surface area contributed by atoms with Gasteiger partial charge in [0.2, 0.25) is 0 Å². The number of hydrogen-bond acceptors (Lipinski definition) is 3. The molecule has 0 aromatic rings. The Morgan fingerprint density at radius 2 is 2.14 bits per heavy atom. The Hall–Kier alpha value is -0.120. The maximum absolute atomic E-state index is 4.70. The summed E-state index contributed by atoms with van der Waals surface area (Å²) in [4.78, 5) is 4.51. The van der Waals surface area contributed by atoms with E-state index in [0.29, 0.717) is 6.61 Å². The lowest BCUT2D eigenvalue weighted by Crippen LogP contribution is -2.16. The minimum atomic E-state index is 0.688. The van der Waals surface area contributed by atoms with Gasteiger partial charge in [0.15, 0.2) is 0 Å². The first-order chi connectivity index (χ1) is 3.41. The summed E-state index contributed by atoms with van der Waals surface area (Å²) in [6, 6.07) is 0. The van der Waals surface area contributed by atoms with Gasteiger partial charge in [0.05, 0.1) is 13.7 Å². The van der Waals surface area contributed by atoms with Crippen molar-refractivity contribution in [3.05, 3.63) is 0 Å². The van der Waals surface area contributed by atoms with Crippen molar-refractivity contribution in [2.45, 2.75) is 0 Å². The molecule has 0 rings (SSSR count). The Bertz CT molecular complexity index is 28.9. The summed E-state index contributed by atoms with van der Waals surface area (Å²) in [5.74, 6) is 0. The van der Waals surface area contributed by atoms with Gasteiger partial charge in [-0.2, -0.15) is 0 Å². The van der Waals surface area contributed by atoms with Crippen molar-refractivity contribution >= 4 is 0 Å². The lowest BCUT2D eigenvalue weighted by Gasteiger charge is -1.96. The van der Waals surface area contributed by atoms with Crippen molar-refractivity contribution in [1.82, 2.24) is 5.48 Å². The summed E-state index contributed by atoms with van der Waals surface area (Å²) < 4.78 is 4.70. The van der Waals surface area contributed by atoms with Crippen LogP contribution in [0.1, 0.15) is 0 Å². The van der Waals surface area contributed by atoms with Crippen LogP contribution in [0.2, 0.25) is 0 Å². The van der Waals surface area contributed by atoms with Gasteiger partial charge in [0, 0.05) is 13.7 Å². The molecule has 0 bridgehead atoms. The number of hydrogen-bond donors (Lipinski definition) is 1. The van der Waals surface area contributed by atoms with Gasteiger partial charge in [-0.3, -0.25) is 0 Å². The summed E-state index contributed by atoms with van der Waals surface area (Å²) in [7, 11) is 3.23. The molecular weight excluding hydrogens is 94.0 g/mol. The molecule has 1 N–H and O–H groups in total. The third-order valence-corrected chi connectivity index (χ3v) is 0.553. The Morgan fingerprint density at radius 3 is 2.57 bits per heavy atom. The maximum Gasteiger partial charge on any atom is 0.0610 e. The zero-order chi connectivity index (χ0) is 5.54. The summed E-state index contributed by atoms with van der Waals surface area (Å²) in [5.41, 5.74) is 2.62. The monoisotopic (exact) mass is 105 g/mol. The van der Waals surface area contributed by atoms with Gasteiger partial charge in [-0.05, 0) is 0 Å². The van der Waals surface area contributed by atoms with E-state index >= 15 is 0 Å². The average Bonchev–Trinajstić information content (AvgIpc) is 1.69. The van der Waals surface area contributed by atoms with E-state index in [9.17, 15) is 0 Å². The van der Waals surface area contributed by atoms with Gasteiger partial charge in [0.1, 0.15) is 0 Å². The molecular formula is C4H11NO2.